The van der Waals surface area contributed by atoms with E-state index in [-0.39, 0.29) is 12.5 Å². The zero-order chi connectivity index (χ0) is 5.86. The molecule has 0 fully saturated rings. The van der Waals surface area contributed by atoms with Crippen LogP contribution in [-0.4, -0.2) is 22.3 Å². The van der Waals surface area contributed by atoms with Crippen molar-refractivity contribution in [3.05, 3.63) is 0 Å². The van der Waals surface area contributed by atoms with Gasteiger partial charge in [-0.3, -0.25) is 0 Å². The number of hydrogen-bond acceptors (Lipinski definition) is 3. The fraction of sp³-hybridized carbons (Fsp3) is 1.00. The molecule has 0 radical (unpaired) electrons. The molecule has 0 aromatic carbocycles. The van der Waals surface area contributed by atoms with Gasteiger partial charge in [-0.05, 0) is 0 Å². The summed E-state index contributed by atoms with van der Waals surface area (Å²) < 4.78 is 0. The SMILES string of the molecule is CC(CO)C(O)S. The van der Waals surface area contributed by atoms with Gasteiger partial charge in [0.2, 0.25) is 0 Å². The summed E-state index contributed by atoms with van der Waals surface area (Å²) in [6, 6.07) is 0. The average molecular weight is 122 g/mol. The molecule has 0 aromatic rings. The standard InChI is InChI=1S/C4H10O2S/c1-3(2-5)4(6)7/h3-7H,2H2,1H3. The van der Waals surface area contributed by atoms with Crippen molar-refractivity contribution in [2.45, 2.75) is 12.4 Å². The van der Waals surface area contributed by atoms with E-state index in [1.54, 1.807) is 6.92 Å². The maximum absolute atomic E-state index is 8.53. The van der Waals surface area contributed by atoms with Gasteiger partial charge in [-0.15, -0.1) is 12.6 Å². The van der Waals surface area contributed by atoms with Crippen molar-refractivity contribution < 1.29 is 10.2 Å². The van der Waals surface area contributed by atoms with Crippen LogP contribution in [0.2, 0.25) is 0 Å². The van der Waals surface area contributed by atoms with Crippen LogP contribution in [0.5, 0.6) is 0 Å². The van der Waals surface area contributed by atoms with E-state index in [1.165, 1.54) is 0 Å². The molecule has 0 saturated carbocycles. The molecule has 44 valence electrons. The van der Waals surface area contributed by atoms with Crippen molar-refractivity contribution in [2.75, 3.05) is 6.61 Å². The highest BCUT2D eigenvalue weighted by Gasteiger charge is 2.05. The lowest BCUT2D eigenvalue weighted by Gasteiger charge is -2.07. The third-order valence-electron chi connectivity index (χ3n) is 0.797. The highest BCUT2D eigenvalue weighted by Crippen LogP contribution is 2.03. The summed E-state index contributed by atoms with van der Waals surface area (Å²) in [5, 5.41) is 16.8. The van der Waals surface area contributed by atoms with E-state index in [1.807, 2.05) is 0 Å². The molecule has 0 saturated heterocycles. The van der Waals surface area contributed by atoms with Gasteiger partial charge in [0.25, 0.3) is 0 Å². The van der Waals surface area contributed by atoms with Gasteiger partial charge in [0, 0.05) is 12.5 Å². The van der Waals surface area contributed by atoms with Crippen molar-refractivity contribution >= 4 is 12.6 Å². The monoisotopic (exact) mass is 122 g/mol. The Morgan fingerprint density at radius 3 is 2.14 bits per heavy atom. The molecule has 2 N–H and O–H groups in total. The molecule has 0 spiro atoms. The Bertz CT molecular complexity index is 47.0. The predicted octanol–water partition coefficient (Wildman–Crippen LogP) is -0.137. The Labute approximate surface area is 48.6 Å². The highest BCUT2D eigenvalue weighted by atomic mass is 32.1. The van der Waals surface area contributed by atoms with Crippen molar-refractivity contribution in [1.29, 1.82) is 0 Å². The first kappa shape index (κ1) is 7.27. The van der Waals surface area contributed by atoms with Crippen LogP contribution in [0.3, 0.4) is 0 Å². The Balaban J connectivity index is 3.14. The number of aliphatic hydroxyl groups excluding tert-OH is 2. The van der Waals surface area contributed by atoms with Gasteiger partial charge in [-0.1, -0.05) is 6.92 Å². The van der Waals surface area contributed by atoms with E-state index in [9.17, 15) is 0 Å². The lowest BCUT2D eigenvalue weighted by Crippen LogP contribution is -2.13. The minimum Gasteiger partial charge on any atom is -0.396 e. The normalized spacial score (nSPS) is 18.9. The smallest absolute Gasteiger partial charge is 0.101 e. The summed E-state index contributed by atoms with van der Waals surface area (Å²) in [5.41, 5.74) is -0.690. The molecule has 0 aromatic heterocycles. The zero-order valence-electron chi connectivity index (χ0n) is 4.20. The first-order valence-electron chi connectivity index (χ1n) is 2.15. The second-order valence-electron chi connectivity index (χ2n) is 1.57. The third kappa shape index (κ3) is 2.91. The van der Waals surface area contributed by atoms with Gasteiger partial charge < -0.3 is 10.2 Å². The summed E-state index contributed by atoms with van der Waals surface area (Å²) in [4.78, 5) is 0. The zero-order valence-corrected chi connectivity index (χ0v) is 5.10. The molecule has 0 rings (SSSR count). The first-order chi connectivity index (χ1) is 3.18. The fourth-order valence-electron chi connectivity index (χ4n) is 0.0943. The Morgan fingerprint density at radius 1 is 1.71 bits per heavy atom. The van der Waals surface area contributed by atoms with Crippen LogP contribution in [0.25, 0.3) is 0 Å². The summed E-state index contributed by atoms with van der Waals surface area (Å²) in [6.07, 6.45) is 0. The number of hydrogen-bond donors (Lipinski definition) is 3. The van der Waals surface area contributed by atoms with Gasteiger partial charge in [-0.2, -0.15) is 0 Å². The second-order valence-corrected chi connectivity index (χ2v) is 2.10. The largest absolute Gasteiger partial charge is 0.396 e. The van der Waals surface area contributed by atoms with Crippen LogP contribution in [0.4, 0.5) is 0 Å². The molecule has 2 unspecified atom stereocenters. The molecule has 7 heavy (non-hydrogen) atoms. The van der Waals surface area contributed by atoms with Gasteiger partial charge in [0.05, 0.1) is 0 Å². The molecule has 0 bridgehead atoms. The van der Waals surface area contributed by atoms with E-state index in [2.05, 4.69) is 12.6 Å². The Hall–Kier alpha value is 0.270. The Kier molecular flexibility index (Phi) is 3.42. The van der Waals surface area contributed by atoms with E-state index in [0.29, 0.717) is 0 Å². The van der Waals surface area contributed by atoms with Crippen LogP contribution >= 0.6 is 12.6 Å². The summed E-state index contributed by atoms with van der Waals surface area (Å²) in [6.45, 7) is 1.71. The Morgan fingerprint density at radius 2 is 2.14 bits per heavy atom. The lowest BCUT2D eigenvalue weighted by atomic mass is 10.2. The molecular formula is C4H10O2S. The molecule has 0 aliphatic heterocycles. The molecular weight excluding hydrogens is 112 g/mol. The minimum atomic E-state index is -0.690. The highest BCUT2D eigenvalue weighted by molar-refractivity contribution is 7.80. The molecule has 2 nitrogen and oxygen atoms in total. The topological polar surface area (TPSA) is 40.5 Å². The van der Waals surface area contributed by atoms with Gasteiger partial charge >= 0.3 is 0 Å². The van der Waals surface area contributed by atoms with Gasteiger partial charge in [0.15, 0.2) is 0 Å². The van der Waals surface area contributed by atoms with Crippen LogP contribution in [0.1, 0.15) is 6.92 Å². The molecule has 0 heterocycles. The van der Waals surface area contributed by atoms with E-state index < -0.39 is 5.44 Å². The van der Waals surface area contributed by atoms with Crippen molar-refractivity contribution in [3.8, 4) is 0 Å². The predicted molar refractivity (Wildman–Crippen MR) is 31.2 cm³/mol. The average Bonchev–Trinajstić information content (AvgIpc) is 1.65. The third-order valence-corrected chi connectivity index (χ3v) is 1.31. The van der Waals surface area contributed by atoms with Gasteiger partial charge in [0.1, 0.15) is 5.44 Å². The summed E-state index contributed by atoms with van der Waals surface area (Å²) in [5.74, 6) is -0.122. The van der Waals surface area contributed by atoms with Crippen LogP contribution in [0, 0.1) is 5.92 Å². The number of thiol groups is 1. The van der Waals surface area contributed by atoms with Crippen molar-refractivity contribution in [1.82, 2.24) is 0 Å². The molecule has 0 aliphatic carbocycles. The molecule has 0 aliphatic rings. The molecule has 3 heteroatoms. The molecule has 2 atom stereocenters. The number of rotatable bonds is 2. The number of aliphatic hydroxyl groups is 2. The maximum Gasteiger partial charge on any atom is 0.101 e. The van der Waals surface area contributed by atoms with Crippen molar-refractivity contribution in [3.63, 3.8) is 0 Å². The second kappa shape index (κ2) is 3.29. The summed E-state index contributed by atoms with van der Waals surface area (Å²) >= 11 is 3.67. The van der Waals surface area contributed by atoms with Crippen LogP contribution in [-0.2, 0) is 0 Å². The van der Waals surface area contributed by atoms with E-state index in [4.69, 9.17) is 10.2 Å². The van der Waals surface area contributed by atoms with Gasteiger partial charge in [-0.25, -0.2) is 0 Å². The summed E-state index contributed by atoms with van der Waals surface area (Å²) in [7, 11) is 0. The minimum absolute atomic E-state index is 0.00926. The quantitative estimate of drug-likeness (QED) is 0.352. The van der Waals surface area contributed by atoms with E-state index >= 15 is 0 Å². The lowest BCUT2D eigenvalue weighted by molar-refractivity contribution is 0.140. The van der Waals surface area contributed by atoms with Crippen molar-refractivity contribution in [2.24, 2.45) is 5.92 Å². The molecule has 0 amide bonds. The van der Waals surface area contributed by atoms with Crippen LogP contribution in [0.15, 0.2) is 0 Å². The maximum atomic E-state index is 8.53. The fourth-order valence-corrected chi connectivity index (χ4v) is 0.189. The van der Waals surface area contributed by atoms with E-state index in [0.717, 1.165) is 0 Å². The first-order valence-corrected chi connectivity index (χ1v) is 2.67. The van der Waals surface area contributed by atoms with Crippen LogP contribution < -0.4 is 0 Å².